The quantitative estimate of drug-likeness (QED) is 0.806. The van der Waals surface area contributed by atoms with Crippen LogP contribution in [0.5, 0.6) is 0 Å². The Balaban J connectivity index is 1.86. The molecular formula is C16H16FNO5S. The minimum Gasteiger partial charge on any atom is -0.341 e. The fraction of sp³-hybridized carbons (Fsp3) is 0.250. The monoisotopic (exact) mass is 353 g/mol. The summed E-state index contributed by atoms with van der Waals surface area (Å²) in [7, 11) is -4.39. The molecule has 0 aliphatic carbocycles. The van der Waals surface area contributed by atoms with Crippen LogP contribution in [0.3, 0.4) is 0 Å². The van der Waals surface area contributed by atoms with Gasteiger partial charge in [0.05, 0.1) is 0 Å². The minimum atomic E-state index is -4.39. The number of rotatable bonds is 5. The SMILES string of the molecule is O=S(=O)(O)NCC1OC(c2ccccc2)OC1c1ccccc1F. The average molecular weight is 353 g/mol. The van der Waals surface area contributed by atoms with E-state index in [4.69, 9.17) is 14.0 Å². The summed E-state index contributed by atoms with van der Waals surface area (Å²) in [6, 6.07) is 15.1. The van der Waals surface area contributed by atoms with E-state index in [0.717, 1.165) is 5.56 Å². The maximum atomic E-state index is 14.1. The molecule has 3 unspecified atom stereocenters. The van der Waals surface area contributed by atoms with Gasteiger partial charge >= 0.3 is 10.3 Å². The van der Waals surface area contributed by atoms with Crippen molar-refractivity contribution in [2.24, 2.45) is 0 Å². The Kier molecular flexibility index (Phi) is 4.93. The molecule has 6 nitrogen and oxygen atoms in total. The molecule has 128 valence electrons. The summed E-state index contributed by atoms with van der Waals surface area (Å²) < 4.78 is 58.3. The van der Waals surface area contributed by atoms with Crippen LogP contribution in [0.25, 0.3) is 0 Å². The third kappa shape index (κ3) is 3.97. The van der Waals surface area contributed by atoms with E-state index in [2.05, 4.69) is 0 Å². The van der Waals surface area contributed by atoms with E-state index in [1.807, 2.05) is 22.9 Å². The van der Waals surface area contributed by atoms with E-state index < -0.39 is 34.6 Å². The lowest BCUT2D eigenvalue weighted by Crippen LogP contribution is -2.34. The van der Waals surface area contributed by atoms with Crippen LogP contribution in [0.15, 0.2) is 54.6 Å². The van der Waals surface area contributed by atoms with Gasteiger partial charge in [-0.1, -0.05) is 48.5 Å². The molecule has 0 radical (unpaired) electrons. The molecule has 8 heteroatoms. The number of nitrogens with one attached hydrogen (secondary N) is 1. The van der Waals surface area contributed by atoms with Gasteiger partial charge < -0.3 is 9.47 Å². The largest absolute Gasteiger partial charge is 0.341 e. The van der Waals surface area contributed by atoms with Crippen LogP contribution in [0.1, 0.15) is 23.5 Å². The first-order chi connectivity index (χ1) is 11.4. The van der Waals surface area contributed by atoms with Gasteiger partial charge in [-0.25, -0.2) is 4.39 Å². The van der Waals surface area contributed by atoms with Crippen LogP contribution in [0, 0.1) is 5.82 Å². The lowest BCUT2D eigenvalue weighted by atomic mass is 10.0. The number of benzene rings is 2. The fourth-order valence-corrected chi connectivity index (χ4v) is 2.95. The number of ether oxygens (including phenoxy) is 2. The molecule has 2 aromatic rings. The minimum absolute atomic E-state index is 0.249. The third-order valence-electron chi connectivity index (χ3n) is 3.66. The molecule has 0 saturated carbocycles. The predicted octanol–water partition coefficient (Wildman–Crippen LogP) is 2.37. The second-order valence-electron chi connectivity index (χ2n) is 5.32. The summed E-state index contributed by atoms with van der Waals surface area (Å²) in [6.45, 7) is -0.249. The van der Waals surface area contributed by atoms with Crippen molar-refractivity contribution in [3.63, 3.8) is 0 Å². The number of halogens is 1. The van der Waals surface area contributed by atoms with E-state index in [0.29, 0.717) is 0 Å². The molecule has 2 N–H and O–H groups in total. The van der Waals surface area contributed by atoms with E-state index in [1.165, 1.54) is 6.07 Å². The van der Waals surface area contributed by atoms with E-state index >= 15 is 0 Å². The molecule has 3 rings (SSSR count). The zero-order valence-electron chi connectivity index (χ0n) is 12.5. The summed E-state index contributed by atoms with van der Waals surface area (Å²) in [4.78, 5) is 0. The highest BCUT2D eigenvalue weighted by Gasteiger charge is 2.39. The summed E-state index contributed by atoms with van der Waals surface area (Å²) in [6.07, 6.45) is -2.37. The zero-order chi connectivity index (χ0) is 17.2. The van der Waals surface area contributed by atoms with Crippen molar-refractivity contribution in [2.45, 2.75) is 18.5 Å². The highest BCUT2D eigenvalue weighted by atomic mass is 32.2. The van der Waals surface area contributed by atoms with Crippen molar-refractivity contribution < 1.29 is 26.8 Å². The topological polar surface area (TPSA) is 84.9 Å². The molecule has 2 aromatic carbocycles. The highest BCUT2D eigenvalue weighted by molar-refractivity contribution is 7.83. The first-order valence-electron chi connectivity index (χ1n) is 7.26. The van der Waals surface area contributed by atoms with Gasteiger partial charge in [0.15, 0.2) is 6.29 Å². The second-order valence-corrected chi connectivity index (χ2v) is 6.56. The second kappa shape index (κ2) is 6.96. The Morgan fingerprint density at radius 3 is 2.38 bits per heavy atom. The van der Waals surface area contributed by atoms with Crippen LogP contribution >= 0.6 is 0 Å². The standard InChI is InChI=1S/C16H16FNO5S/c17-13-9-5-4-8-12(13)15-14(10-18-24(19,20)21)22-16(23-15)11-6-2-1-3-7-11/h1-9,14-16,18H,10H2,(H,19,20,21). The van der Waals surface area contributed by atoms with Crippen LogP contribution < -0.4 is 4.72 Å². The lowest BCUT2D eigenvalue weighted by Gasteiger charge is -2.17. The smallest absolute Gasteiger partial charge is 0.333 e. The Labute approximate surface area is 139 Å². The van der Waals surface area contributed by atoms with E-state index in [-0.39, 0.29) is 12.1 Å². The molecule has 1 fully saturated rings. The molecule has 0 amide bonds. The number of hydrogen-bond donors (Lipinski definition) is 2. The van der Waals surface area contributed by atoms with Crippen molar-refractivity contribution in [2.75, 3.05) is 6.54 Å². The van der Waals surface area contributed by atoms with Gasteiger partial charge in [-0.15, -0.1) is 0 Å². The van der Waals surface area contributed by atoms with Crippen LogP contribution in [-0.4, -0.2) is 25.6 Å². The Hall–Kier alpha value is -1.84. The van der Waals surface area contributed by atoms with E-state index in [9.17, 15) is 12.8 Å². The maximum absolute atomic E-state index is 14.1. The predicted molar refractivity (Wildman–Crippen MR) is 83.8 cm³/mol. The fourth-order valence-electron chi connectivity index (χ4n) is 2.57. The van der Waals surface area contributed by atoms with Crippen molar-refractivity contribution in [1.82, 2.24) is 4.72 Å². The normalized spacial score (nSPS) is 24.2. The first kappa shape index (κ1) is 17.0. The van der Waals surface area contributed by atoms with Crippen molar-refractivity contribution in [3.8, 4) is 0 Å². The van der Waals surface area contributed by atoms with Crippen molar-refractivity contribution >= 4 is 10.3 Å². The van der Waals surface area contributed by atoms with Gasteiger partial charge in [0, 0.05) is 17.7 Å². The van der Waals surface area contributed by atoms with Gasteiger partial charge in [0.1, 0.15) is 18.0 Å². The molecule has 1 saturated heterocycles. The van der Waals surface area contributed by atoms with Gasteiger partial charge in [0.2, 0.25) is 0 Å². The molecule has 1 aliphatic rings. The Bertz CT molecular complexity index is 799. The molecule has 3 atom stereocenters. The number of hydrogen-bond acceptors (Lipinski definition) is 4. The van der Waals surface area contributed by atoms with Gasteiger partial charge in [-0.3, -0.25) is 4.55 Å². The molecule has 1 heterocycles. The molecule has 0 bridgehead atoms. The Morgan fingerprint density at radius 2 is 1.71 bits per heavy atom. The maximum Gasteiger partial charge on any atom is 0.333 e. The molecule has 24 heavy (non-hydrogen) atoms. The summed E-state index contributed by atoms with van der Waals surface area (Å²) in [5, 5.41) is 0. The molecule has 1 aliphatic heterocycles. The molecular weight excluding hydrogens is 337 g/mol. The highest BCUT2D eigenvalue weighted by Crippen LogP contribution is 2.40. The average Bonchev–Trinajstić information content (AvgIpc) is 2.98. The van der Waals surface area contributed by atoms with Gasteiger partial charge in [-0.05, 0) is 6.07 Å². The van der Waals surface area contributed by atoms with E-state index in [1.54, 1.807) is 30.3 Å². The summed E-state index contributed by atoms with van der Waals surface area (Å²) >= 11 is 0. The third-order valence-corrected chi connectivity index (χ3v) is 4.19. The molecule has 0 spiro atoms. The van der Waals surface area contributed by atoms with Crippen LogP contribution in [0.2, 0.25) is 0 Å². The lowest BCUT2D eigenvalue weighted by molar-refractivity contribution is -0.0690. The molecule has 0 aromatic heterocycles. The first-order valence-corrected chi connectivity index (χ1v) is 8.70. The van der Waals surface area contributed by atoms with Crippen molar-refractivity contribution in [3.05, 3.63) is 71.5 Å². The van der Waals surface area contributed by atoms with Crippen LogP contribution in [-0.2, 0) is 19.8 Å². The van der Waals surface area contributed by atoms with Crippen LogP contribution in [0.4, 0.5) is 4.39 Å². The van der Waals surface area contributed by atoms with Gasteiger partial charge in [0.25, 0.3) is 0 Å². The van der Waals surface area contributed by atoms with Crippen molar-refractivity contribution in [1.29, 1.82) is 0 Å². The van der Waals surface area contributed by atoms with Gasteiger partial charge in [-0.2, -0.15) is 13.1 Å². The Morgan fingerprint density at radius 1 is 1.04 bits per heavy atom. The summed E-state index contributed by atoms with van der Waals surface area (Å²) in [5.74, 6) is -0.475. The zero-order valence-corrected chi connectivity index (χ0v) is 13.3. The summed E-state index contributed by atoms with van der Waals surface area (Å²) in [5.41, 5.74) is 0.992.